The number of anilines is 1. The van der Waals surface area contributed by atoms with E-state index in [0.29, 0.717) is 50.4 Å². The summed E-state index contributed by atoms with van der Waals surface area (Å²) < 4.78 is 5.56. The number of rotatable bonds is 7. The standard InChI is InChI=1S/C20H30N8O2/c1-4-21-19(25-14-17-26-15(2)16(3)30-17)22-9-6-18(29)27-10-12-28(13-11-27)20-23-7-5-8-24-20/h5,7-8H,4,6,9-14H2,1-3H3,(H2,21,22,25). The van der Waals surface area contributed by atoms with Gasteiger partial charge in [-0.1, -0.05) is 0 Å². The predicted octanol–water partition coefficient (Wildman–Crippen LogP) is 0.875. The number of aliphatic imine (C=N–C) groups is 1. The molecule has 1 amide bonds. The molecule has 1 aliphatic rings. The summed E-state index contributed by atoms with van der Waals surface area (Å²) in [6.45, 7) is 10.2. The molecule has 0 unspecified atom stereocenters. The lowest BCUT2D eigenvalue weighted by molar-refractivity contribution is -0.131. The Morgan fingerprint density at radius 2 is 1.90 bits per heavy atom. The summed E-state index contributed by atoms with van der Waals surface area (Å²) in [4.78, 5) is 33.9. The van der Waals surface area contributed by atoms with Crippen molar-refractivity contribution in [3.8, 4) is 0 Å². The lowest BCUT2D eigenvalue weighted by Crippen LogP contribution is -2.50. The third-order valence-electron chi connectivity index (χ3n) is 4.89. The van der Waals surface area contributed by atoms with Crippen molar-refractivity contribution >= 4 is 17.8 Å². The zero-order chi connectivity index (χ0) is 21.3. The van der Waals surface area contributed by atoms with Gasteiger partial charge in [-0.15, -0.1) is 0 Å². The minimum atomic E-state index is 0.130. The number of carbonyl (C=O) groups excluding carboxylic acids is 1. The maximum absolute atomic E-state index is 12.6. The Hall–Kier alpha value is -3.17. The van der Waals surface area contributed by atoms with Crippen molar-refractivity contribution in [2.45, 2.75) is 33.7 Å². The van der Waals surface area contributed by atoms with Crippen LogP contribution in [0.5, 0.6) is 0 Å². The third kappa shape index (κ3) is 5.91. The second kappa shape index (κ2) is 10.6. The van der Waals surface area contributed by atoms with Crippen molar-refractivity contribution in [2.24, 2.45) is 4.99 Å². The number of guanidine groups is 1. The van der Waals surface area contributed by atoms with Gasteiger partial charge in [0, 0.05) is 58.1 Å². The van der Waals surface area contributed by atoms with Gasteiger partial charge in [-0.05, 0) is 26.8 Å². The van der Waals surface area contributed by atoms with E-state index < -0.39 is 0 Å². The first-order valence-electron chi connectivity index (χ1n) is 10.3. The summed E-state index contributed by atoms with van der Waals surface area (Å²) in [6, 6.07) is 1.80. The second-order valence-electron chi connectivity index (χ2n) is 7.04. The molecule has 0 aliphatic carbocycles. The van der Waals surface area contributed by atoms with Crippen molar-refractivity contribution < 1.29 is 9.21 Å². The number of hydrogen-bond acceptors (Lipinski definition) is 7. The molecule has 1 fully saturated rings. The van der Waals surface area contributed by atoms with Gasteiger partial charge >= 0.3 is 0 Å². The van der Waals surface area contributed by atoms with Crippen LogP contribution in [0.25, 0.3) is 0 Å². The van der Waals surface area contributed by atoms with Gasteiger partial charge in [0.2, 0.25) is 17.7 Å². The lowest BCUT2D eigenvalue weighted by atomic mass is 10.3. The molecular formula is C20H30N8O2. The average molecular weight is 415 g/mol. The van der Waals surface area contributed by atoms with E-state index >= 15 is 0 Å². The van der Waals surface area contributed by atoms with E-state index in [1.165, 1.54) is 0 Å². The highest BCUT2D eigenvalue weighted by Gasteiger charge is 2.22. The first-order chi connectivity index (χ1) is 14.6. The van der Waals surface area contributed by atoms with Crippen LogP contribution in [0, 0.1) is 13.8 Å². The zero-order valence-electron chi connectivity index (χ0n) is 17.9. The summed E-state index contributed by atoms with van der Waals surface area (Å²) in [5.74, 6) is 2.88. The van der Waals surface area contributed by atoms with Gasteiger partial charge in [-0.3, -0.25) is 4.79 Å². The van der Waals surface area contributed by atoms with Crippen molar-refractivity contribution in [2.75, 3.05) is 44.2 Å². The molecule has 10 nitrogen and oxygen atoms in total. The minimum absolute atomic E-state index is 0.130. The molecule has 3 heterocycles. The largest absolute Gasteiger partial charge is 0.444 e. The van der Waals surface area contributed by atoms with Crippen LogP contribution in [0.4, 0.5) is 5.95 Å². The Morgan fingerprint density at radius 1 is 1.17 bits per heavy atom. The molecule has 0 atom stereocenters. The number of oxazole rings is 1. The van der Waals surface area contributed by atoms with Crippen LogP contribution in [0.15, 0.2) is 27.9 Å². The normalized spacial score (nSPS) is 14.7. The third-order valence-corrected chi connectivity index (χ3v) is 4.89. The van der Waals surface area contributed by atoms with Gasteiger partial charge in [-0.2, -0.15) is 0 Å². The topological polar surface area (TPSA) is 112 Å². The highest BCUT2D eigenvalue weighted by molar-refractivity contribution is 5.81. The van der Waals surface area contributed by atoms with Crippen LogP contribution in [-0.4, -0.2) is 71.0 Å². The van der Waals surface area contributed by atoms with E-state index in [4.69, 9.17) is 4.42 Å². The van der Waals surface area contributed by atoms with E-state index in [1.54, 1.807) is 18.5 Å². The SMILES string of the molecule is CCNC(=NCc1nc(C)c(C)o1)NCCC(=O)N1CCN(c2ncccn2)CC1. The molecule has 30 heavy (non-hydrogen) atoms. The summed E-state index contributed by atoms with van der Waals surface area (Å²) in [5, 5.41) is 6.38. The molecule has 0 aromatic carbocycles. The first kappa shape index (κ1) is 21.5. The number of piperazine rings is 1. The van der Waals surface area contributed by atoms with Crippen molar-refractivity contribution in [3.05, 3.63) is 35.8 Å². The fourth-order valence-corrected chi connectivity index (χ4v) is 3.15. The number of amides is 1. The fraction of sp³-hybridized carbons (Fsp3) is 0.550. The highest BCUT2D eigenvalue weighted by atomic mass is 16.4. The van der Waals surface area contributed by atoms with Gasteiger partial charge in [-0.25, -0.2) is 19.9 Å². The van der Waals surface area contributed by atoms with Gasteiger partial charge in [0.05, 0.1) is 5.69 Å². The van der Waals surface area contributed by atoms with Crippen molar-refractivity contribution in [1.82, 2.24) is 30.5 Å². The van der Waals surface area contributed by atoms with Gasteiger partial charge in [0.1, 0.15) is 12.3 Å². The zero-order valence-corrected chi connectivity index (χ0v) is 17.9. The Morgan fingerprint density at radius 3 is 2.53 bits per heavy atom. The van der Waals surface area contributed by atoms with Crippen LogP contribution in [-0.2, 0) is 11.3 Å². The smallest absolute Gasteiger partial charge is 0.225 e. The molecule has 2 N–H and O–H groups in total. The van der Waals surface area contributed by atoms with E-state index in [1.807, 2.05) is 25.7 Å². The van der Waals surface area contributed by atoms with Crippen LogP contribution < -0.4 is 15.5 Å². The van der Waals surface area contributed by atoms with Crippen LogP contribution in [0.3, 0.4) is 0 Å². The van der Waals surface area contributed by atoms with Crippen LogP contribution >= 0.6 is 0 Å². The van der Waals surface area contributed by atoms with Gasteiger partial charge in [0.15, 0.2) is 5.96 Å². The molecule has 0 spiro atoms. The number of hydrogen-bond donors (Lipinski definition) is 2. The molecule has 10 heteroatoms. The second-order valence-corrected chi connectivity index (χ2v) is 7.04. The molecule has 0 saturated carbocycles. The minimum Gasteiger partial charge on any atom is -0.444 e. The quantitative estimate of drug-likeness (QED) is 0.507. The molecule has 1 aliphatic heterocycles. The molecule has 3 rings (SSSR count). The Kier molecular flexibility index (Phi) is 7.58. The van der Waals surface area contributed by atoms with Crippen molar-refractivity contribution in [3.63, 3.8) is 0 Å². The fourth-order valence-electron chi connectivity index (χ4n) is 3.15. The summed E-state index contributed by atoms with van der Waals surface area (Å²) >= 11 is 0. The predicted molar refractivity (Wildman–Crippen MR) is 114 cm³/mol. The first-order valence-corrected chi connectivity index (χ1v) is 10.3. The molecule has 2 aromatic rings. The number of aromatic nitrogens is 3. The summed E-state index contributed by atoms with van der Waals surface area (Å²) in [5.41, 5.74) is 0.877. The molecule has 0 bridgehead atoms. The molecule has 162 valence electrons. The van der Waals surface area contributed by atoms with E-state index in [9.17, 15) is 4.79 Å². The number of nitrogens with zero attached hydrogens (tertiary/aromatic N) is 6. The molecular weight excluding hydrogens is 384 g/mol. The maximum atomic E-state index is 12.6. The van der Waals surface area contributed by atoms with E-state index in [2.05, 4.69) is 35.5 Å². The Balaban J connectivity index is 1.42. The average Bonchev–Trinajstić information content (AvgIpc) is 3.10. The van der Waals surface area contributed by atoms with Gasteiger partial charge in [0.25, 0.3) is 0 Å². The van der Waals surface area contributed by atoms with Crippen LogP contribution in [0.1, 0.15) is 30.7 Å². The Labute approximate surface area is 176 Å². The summed E-state index contributed by atoms with van der Waals surface area (Å²) in [7, 11) is 0. The molecule has 0 radical (unpaired) electrons. The molecule has 2 aromatic heterocycles. The molecule has 1 saturated heterocycles. The maximum Gasteiger partial charge on any atom is 0.225 e. The van der Waals surface area contributed by atoms with Crippen molar-refractivity contribution in [1.29, 1.82) is 0 Å². The van der Waals surface area contributed by atoms with E-state index in [-0.39, 0.29) is 5.91 Å². The van der Waals surface area contributed by atoms with E-state index in [0.717, 1.165) is 31.1 Å². The Bertz CT molecular complexity index is 824. The van der Waals surface area contributed by atoms with Crippen LogP contribution in [0.2, 0.25) is 0 Å². The number of aryl methyl sites for hydroxylation is 2. The monoisotopic (exact) mass is 414 g/mol. The lowest BCUT2D eigenvalue weighted by Gasteiger charge is -2.34. The van der Waals surface area contributed by atoms with Gasteiger partial charge < -0.3 is 24.9 Å². The highest BCUT2D eigenvalue weighted by Crippen LogP contribution is 2.11. The summed E-state index contributed by atoms with van der Waals surface area (Å²) in [6.07, 6.45) is 3.88. The number of nitrogens with one attached hydrogen (secondary N) is 2. The number of carbonyl (C=O) groups is 1.